The molecule has 1 N–H and O–H groups in total. The Morgan fingerprint density at radius 1 is 1.15 bits per heavy atom. The molecule has 1 aromatic carbocycles. The number of benzene rings is 1. The van der Waals surface area contributed by atoms with Gasteiger partial charge in [0.15, 0.2) is 11.5 Å². The van der Waals surface area contributed by atoms with Gasteiger partial charge in [-0.3, -0.25) is 0 Å². The van der Waals surface area contributed by atoms with Crippen LogP contribution < -0.4 is 9.47 Å². The van der Waals surface area contributed by atoms with Gasteiger partial charge >= 0.3 is 0 Å². The molecule has 2 aromatic rings. The highest BCUT2D eigenvalue weighted by molar-refractivity contribution is 5.46. The van der Waals surface area contributed by atoms with Crippen molar-refractivity contribution in [1.29, 1.82) is 0 Å². The van der Waals surface area contributed by atoms with Crippen LogP contribution in [0.1, 0.15) is 36.3 Å². The van der Waals surface area contributed by atoms with Gasteiger partial charge in [-0.2, -0.15) is 0 Å². The van der Waals surface area contributed by atoms with Crippen LogP contribution in [0.5, 0.6) is 11.5 Å². The summed E-state index contributed by atoms with van der Waals surface area (Å²) in [7, 11) is 0. The summed E-state index contributed by atoms with van der Waals surface area (Å²) in [5, 5.41) is 10.5. The Hall–Kier alpha value is -1.94. The average Bonchev–Trinajstić information content (AvgIpc) is 2.83. The molecular formula is C16H18O4. The van der Waals surface area contributed by atoms with Crippen LogP contribution in [0.15, 0.2) is 34.9 Å². The van der Waals surface area contributed by atoms with Crippen LogP contribution >= 0.6 is 0 Å². The molecule has 0 amide bonds. The molecule has 0 aliphatic carbocycles. The lowest BCUT2D eigenvalue weighted by Gasteiger charge is -2.14. The number of rotatable bonds is 3. The maximum Gasteiger partial charge on any atom is 0.161 e. The van der Waals surface area contributed by atoms with Crippen LogP contribution in [-0.2, 0) is 6.42 Å². The highest BCUT2D eigenvalue weighted by Gasteiger charge is 2.19. The third-order valence-electron chi connectivity index (χ3n) is 3.48. The summed E-state index contributed by atoms with van der Waals surface area (Å²) in [6.07, 6.45) is 2.53. The van der Waals surface area contributed by atoms with Gasteiger partial charge in [0.1, 0.15) is 11.9 Å². The largest absolute Gasteiger partial charge is 0.490 e. The third-order valence-corrected chi connectivity index (χ3v) is 3.48. The standard InChI is InChI=1S/C16H18O4/c1-2-13-12(6-9-20-13)16(17)11-4-5-14-15(10-11)19-8-3-7-18-14/h4-6,9-10,16-17H,2-3,7-8H2,1H3. The van der Waals surface area contributed by atoms with Gasteiger partial charge in [0.25, 0.3) is 0 Å². The molecule has 20 heavy (non-hydrogen) atoms. The number of aliphatic hydroxyl groups excluding tert-OH is 1. The molecule has 2 heterocycles. The van der Waals surface area contributed by atoms with Crippen LogP contribution in [0.4, 0.5) is 0 Å². The summed E-state index contributed by atoms with van der Waals surface area (Å²) < 4.78 is 16.6. The van der Waals surface area contributed by atoms with E-state index in [-0.39, 0.29) is 0 Å². The normalized spacial score (nSPS) is 15.7. The number of hydrogen-bond donors (Lipinski definition) is 1. The number of hydrogen-bond acceptors (Lipinski definition) is 4. The lowest BCUT2D eigenvalue weighted by Crippen LogP contribution is -2.02. The highest BCUT2D eigenvalue weighted by Crippen LogP contribution is 2.35. The molecular weight excluding hydrogens is 256 g/mol. The zero-order chi connectivity index (χ0) is 13.9. The molecule has 1 atom stereocenters. The van der Waals surface area contributed by atoms with E-state index < -0.39 is 6.10 Å². The van der Waals surface area contributed by atoms with E-state index in [1.54, 1.807) is 6.26 Å². The van der Waals surface area contributed by atoms with E-state index in [0.29, 0.717) is 19.0 Å². The quantitative estimate of drug-likeness (QED) is 0.934. The van der Waals surface area contributed by atoms with E-state index in [0.717, 1.165) is 35.5 Å². The summed E-state index contributed by atoms with van der Waals surface area (Å²) in [4.78, 5) is 0. The molecule has 1 aromatic heterocycles. The van der Waals surface area contributed by atoms with Crippen LogP contribution in [0.25, 0.3) is 0 Å². The fourth-order valence-electron chi connectivity index (χ4n) is 2.41. The van der Waals surface area contributed by atoms with Gasteiger partial charge < -0.3 is 19.0 Å². The van der Waals surface area contributed by atoms with Crippen molar-refractivity contribution < 1.29 is 19.0 Å². The molecule has 4 heteroatoms. The van der Waals surface area contributed by atoms with E-state index >= 15 is 0 Å². The van der Waals surface area contributed by atoms with Crippen molar-refractivity contribution in [2.45, 2.75) is 25.9 Å². The van der Waals surface area contributed by atoms with Gasteiger partial charge in [0, 0.05) is 18.4 Å². The van der Waals surface area contributed by atoms with Crippen molar-refractivity contribution in [3.63, 3.8) is 0 Å². The molecule has 0 bridgehead atoms. The van der Waals surface area contributed by atoms with Gasteiger partial charge in [-0.1, -0.05) is 13.0 Å². The minimum Gasteiger partial charge on any atom is -0.490 e. The smallest absolute Gasteiger partial charge is 0.161 e. The van der Waals surface area contributed by atoms with Gasteiger partial charge in [-0.25, -0.2) is 0 Å². The van der Waals surface area contributed by atoms with Crippen LogP contribution in [0, 0.1) is 0 Å². The molecule has 106 valence electrons. The summed E-state index contributed by atoms with van der Waals surface area (Å²) in [5.74, 6) is 2.24. The Morgan fingerprint density at radius 2 is 1.95 bits per heavy atom. The second kappa shape index (κ2) is 5.59. The molecule has 0 fully saturated rings. The van der Waals surface area contributed by atoms with Crippen LogP contribution in [0.2, 0.25) is 0 Å². The molecule has 4 nitrogen and oxygen atoms in total. The average molecular weight is 274 g/mol. The Morgan fingerprint density at radius 3 is 2.75 bits per heavy atom. The maximum absolute atomic E-state index is 10.5. The third kappa shape index (κ3) is 2.39. The first-order valence-electron chi connectivity index (χ1n) is 6.93. The van der Waals surface area contributed by atoms with Crippen molar-refractivity contribution in [3.05, 3.63) is 47.4 Å². The molecule has 1 aliphatic heterocycles. The second-order valence-electron chi connectivity index (χ2n) is 4.81. The molecule has 0 saturated heterocycles. The van der Waals surface area contributed by atoms with Crippen molar-refractivity contribution in [2.75, 3.05) is 13.2 Å². The van der Waals surface area contributed by atoms with Gasteiger partial charge in [-0.05, 0) is 23.8 Å². The second-order valence-corrected chi connectivity index (χ2v) is 4.81. The molecule has 0 saturated carbocycles. The zero-order valence-electron chi connectivity index (χ0n) is 11.5. The van der Waals surface area contributed by atoms with Crippen LogP contribution in [-0.4, -0.2) is 18.3 Å². The van der Waals surface area contributed by atoms with Gasteiger partial charge in [0.05, 0.1) is 19.5 Å². The summed E-state index contributed by atoms with van der Waals surface area (Å²) >= 11 is 0. The SMILES string of the molecule is CCc1occc1C(O)c1ccc2c(c1)OCCCO2. The Kier molecular flexibility index (Phi) is 3.65. The first-order valence-corrected chi connectivity index (χ1v) is 6.93. The number of aliphatic hydroxyl groups is 1. The van der Waals surface area contributed by atoms with E-state index in [2.05, 4.69) is 0 Å². The highest BCUT2D eigenvalue weighted by atomic mass is 16.5. The monoisotopic (exact) mass is 274 g/mol. The Balaban J connectivity index is 1.92. The van der Waals surface area contributed by atoms with Gasteiger partial charge in [-0.15, -0.1) is 0 Å². The van der Waals surface area contributed by atoms with Crippen molar-refractivity contribution in [1.82, 2.24) is 0 Å². The molecule has 3 rings (SSSR count). The first kappa shape index (κ1) is 13.1. The van der Waals surface area contributed by atoms with E-state index in [1.807, 2.05) is 31.2 Å². The zero-order valence-corrected chi connectivity index (χ0v) is 11.5. The van der Waals surface area contributed by atoms with E-state index in [4.69, 9.17) is 13.9 Å². The topological polar surface area (TPSA) is 51.8 Å². The van der Waals surface area contributed by atoms with Crippen molar-refractivity contribution in [3.8, 4) is 11.5 Å². The molecule has 0 spiro atoms. The van der Waals surface area contributed by atoms with E-state index in [9.17, 15) is 5.11 Å². The first-order chi connectivity index (χ1) is 9.79. The van der Waals surface area contributed by atoms with Crippen molar-refractivity contribution in [2.24, 2.45) is 0 Å². The van der Waals surface area contributed by atoms with Crippen molar-refractivity contribution >= 4 is 0 Å². The fraction of sp³-hybridized carbons (Fsp3) is 0.375. The Labute approximate surface area is 117 Å². The predicted octanol–water partition coefficient (Wildman–Crippen LogP) is 3.09. The van der Waals surface area contributed by atoms with Gasteiger partial charge in [0.2, 0.25) is 0 Å². The number of aryl methyl sites for hydroxylation is 1. The number of ether oxygens (including phenoxy) is 2. The molecule has 0 radical (unpaired) electrons. The fourth-order valence-corrected chi connectivity index (χ4v) is 2.41. The minimum absolute atomic E-state index is 0.637. The molecule has 1 aliphatic rings. The van der Waals surface area contributed by atoms with Crippen LogP contribution in [0.3, 0.4) is 0 Å². The molecule has 1 unspecified atom stereocenters. The Bertz CT molecular complexity index is 588. The lowest BCUT2D eigenvalue weighted by molar-refractivity contribution is 0.216. The summed E-state index contributed by atoms with van der Waals surface area (Å²) in [6.45, 7) is 3.30. The minimum atomic E-state index is -0.708. The summed E-state index contributed by atoms with van der Waals surface area (Å²) in [6, 6.07) is 7.37. The lowest BCUT2D eigenvalue weighted by atomic mass is 10.0. The summed E-state index contributed by atoms with van der Waals surface area (Å²) in [5.41, 5.74) is 1.59. The number of fused-ring (bicyclic) bond motifs is 1. The maximum atomic E-state index is 10.5. The van der Waals surface area contributed by atoms with E-state index in [1.165, 1.54) is 0 Å². The number of furan rings is 1. The predicted molar refractivity (Wildman–Crippen MR) is 74.2 cm³/mol.